The van der Waals surface area contributed by atoms with E-state index < -0.39 is 10.0 Å². The molecule has 1 fully saturated rings. The summed E-state index contributed by atoms with van der Waals surface area (Å²) in [7, 11) is -3.33. The first-order chi connectivity index (χ1) is 11.6. The zero-order valence-electron chi connectivity index (χ0n) is 13.9. The number of aromatic nitrogens is 1. The van der Waals surface area contributed by atoms with Crippen molar-refractivity contribution in [2.24, 2.45) is 0 Å². The molecule has 1 saturated heterocycles. The fourth-order valence-electron chi connectivity index (χ4n) is 2.95. The van der Waals surface area contributed by atoms with Gasteiger partial charge in [-0.2, -0.15) is 4.31 Å². The fourth-order valence-corrected chi connectivity index (χ4v) is 4.46. The minimum absolute atomic E-state index is 0.375. The quantitative estimate of drug-likeness (QED) is 0.874. The van der Waals surface area contributed by atoms with E-state index in [9.17, 15) is 8.42 Å². The van der Waals surface area contributed by atoms with Crippen LogP contribution in [-0.4, -0.2) is 37.3 Å². The van der Waals surface area contributed by atoms with Gasteiger partial charge in [0.25, 0.3) is 0 Å². The third kappa shape index (κ3) is 3.76. The standard InChI is InChI=1S/C18H23N3O2S/c1-15-14-19-10-8-16(15)9-11-20-17-4-6-18(7-5-17)24(22,23)21-12-2-3-13-21/h4-8,10,14,20H,2-3,9,11-13H2,1H3. The Hall–Kier alpha value is -1.92. The van der Waals surface area contributed by atoms with Crippen LogP contribution in [0.3, 0.4) is 0 Å². The van der Waals surface area contributed by atoms with Gasteiger partial charge in [-0.15, -0.1) is 0 Å². The molecule has 1 aliphatic rings. The second-order valence-electron chi connectivity index (χ2n) is 6.11. The number of hydrogen-bond acceptors (Lipinski definition) is 4. The molecule has 24 heavy (non-hydrogen) atoms. The smallest absolute Gasteiger partial charge is 0.243 e. The molecular formula is C18H23N3O2S. The van der Waals surface area contributed by atoms with Crippen LogP contribution in [0.15, 0.2) is 47.6 Å². The Kier molecular flexibility index (Phi) is 5.16. The van der Waals surface area contributed by atoms with Crippen LogP contribution in [0.5, 0.6) is 0 Å². The number of pyridine rings is 1. The molecule has 2 aromatic rings. The monoisotopic (exact) mass is 345 g/mol. The summed E-state index contributed by atoms with van der Waals surface area (Å²) in [5.74, 6) is 0. The van der Waals surface area contributed by atoms with Crippen LogP contribution in [0.4, 0.5) is 5.69 Å². The van der Waals surface area contributed by atoms with Gasteiger partial charge >= 0.3 is 0 Å². The molecule has 3 rings (SSSR count). The van der Waals surface area contributed by atoms with Crippen molar-refractivity contribution in [3.8, 4) is 0 Å². The molecule has 1 aromatic heterocycles. The molecule has 5 nitrogen and oxygen atoms in total. The molecule has 2 heterocycles. The van der Waals surface area contributed by atoms with Crippen molar-refractivity contribution in [3.05, 3.63) is 53.9 Å². The Morgan fingerprint density at radius 2 is 1.83 bits per heavy atom. The summed E-state index contributed by atoms with van der Waals surface area (Å²) >= 11 is 0. The molecule has 1 aliphatic heterocycles. The Labute approximate surface area is 143 Å². The summed E-state index contributed by atoms with van der Waals surface area (Å²) < 4.78 is 26.5. The first-order valence-corrected chi connectivity index (χ1v) is 9.75. The Balaban J connectivity index is 1.59. The molecule has 0 spiro atoms. The van der Waals surface area contributed by atoms with Gasteiger partial charge in [0.2, 0.25) is 10.0 Å². The van der Waals surface area contributed by atoms with Crippen molar-refractivity contribution in [3.63, 3.8) is 0 Å². The van der Waals surface area contributed by atoms with Gasteiger partial charge in [0, 0.05) is 37.7 Å². The molecule has 1 aromatic carbocycles. The maximum absolute atomic E-state index is 12.5. The second kappa shape index (κ2) is 7.32. The number of nitrogens with one attached hydrogen (secondary N) is 1. The first kappa shape index (κ1) is 16.9. The molecule has 0 radical (unpaired) electrons. The number of benzene rings is 1. The van der Waals surface area contributed by atoms with Gasteiger partial charge < -0.3 is 5.32 Å². The summed E-state index contributed by atoms with van der Waals surface area (Å²) in [6.07, 6.45) is 6.48. The Bertz CT molecular complexity index is 782. The normalized spacial score (nSPS) is 15.5. The number of nitrogens with zero attached hydrogens (tertiary/aromatic N) is 2. The molecule has 0 amide bonds. The van der Waals surface area contributed by atoms with Gasteiger partial charge in [-0.25, -0.2) is 8.42 Å². The molecule has 0 unspecified atom stereocenters. The van der Waals surface area contributed by atoms with E-state index in [0.717, 1.165) is 31.5 Å². The summed E-state index contributed by atoms with van der Waals surface area (Å²) in [6.45, 7) is 4.12. The zero-order chi connectivity index (χ0) is 17.0. The molecule has 1 N–H and O–H groups in total. The maximum atomic E-state index is 12.5. The lowest BCUT2D eigenvalue weighted by atomic mass is 10.1. The minimum Gasteiger partial charge on any atom is -0.385 e. The molecular weight excluding hydrogens is 322 g/mol. The number of sulfonamides is 1. The highest BCUT2D eigenvalue weighted by molar-refractivity contribution is 7.89. The van der Waals surface area contributed by atoms with E-state index in [1.54, 1.807) is 22.6 Å². The lowest BCUT2D eigenvalue weighted by molar-refractivity contribution is 0.477. The van der Waals surface area contributed by atoms with Crippen LogP contribution in [0.2, 0.25) is 0 Å². The topological polar surface area (TPSA) is 62.3 Å². The molecule has 0 saturated carbocycles. The molecule has 0 aliphatic carbocycles. The number of rotatable bonds is 6. The van der Waals surface area contributed by atoms with E-state index in [2.05, 4.69) is 17.2 Å². The summed E-state index contributed by atoms with van der Waals surface area (Å²) in [5, 5.41) is 3.34. The highest BCUT2D eigenvalue weighted by Crippen LogP contribution is 2.22. The SMILES string of the molecule is Cc1cnccc1CCNc1ccc(S(=O)(=O)N2CCCC2)cc1. The van der Waals surface area contributed by atoms with Crippen LogP contribution < -0.4 is 5.32 Å². The summed E-state index contributed by atoms with van der Waals surface area (Å²) in [4.78, 5) is 4.47. The lowest BCUT2D eigenvalue weighted by Gasteiger charge is -2.16. The summed E-state index contributed by atoms with van der Waals surface area (Å²) in [6, 6.07) is 9.08. The van der Waals surface area contributed by atoms with Crippen molar-refractivity contribution in [1.82, 2.24) is 9.29 Å². The van der Waals surface area contributed by atoms with Gasteiger partial charge in [0.1, 0.15) is 0 Å². The van der Waals surface area contributed by atoms with E-state index in [0.29, 0.717) is 18.0 Å². The van der Waals surface area contributed by atoms with Gasteiger partial charge in [-0.1, -0.05) is 0 Å². The number of anilines is 1. The average Bonchev–Trinajstić information content (AvgIpc) is 3.12. The maximum Gasteiger partial charge on any atom is 0.243 e. The third-order valence-corrected chi connectivity index (χ3v) is 6.33. The van der Waals surface area contributed by atoms with Crippen LogP contribution in [0.1, 0.15) is 24.0 Å². The predicted molar refractivity (Wildman–Crippen MR) is 95.6 cm³/mol. The van der Waals surface area contributed by atoms with Gasteiger partial charge in [0.05, 0.1) is 4.90 Å². The molecule has 0 bridgehead atoms. The molecule has 0 atom stereocenters. The summed E-state index contributed by atoms with van der Waals surface area (Å²) in [5.41, 5.74) is 3.39. The number of hydrogen-bond donors (Lipinski definition) is 1. The highest BCUT2D eigenvalue weighted by atomic mass is 32.2. The van der Waals surface area contributed by atoms with Gasteiger partial charge in [-0.3, -0.25) is 4.98 Å². The molecule has 128 valence electrons. The van der Waals surface area contributed by atoms with Gasteiger partial charge in [-0.05, 0) is 67.6 Å². The first-order valence-electron chi connectivity index (χ1n) is 8.31. The minimum atomic E-state index is -3.33. The van der Waals surface area contributed by atoms with Crippen LogP contribution in [0, 0.1) is 6.92 Å². The predicted octanol–water partition coefficient (Wildman–Crippen LogP) is 2.83. The van der Waals surface area contributed by atoms with E-state index in [1.807, 2.05) is 24.4 Å². The molecule has 6 heteroatoms. The van der Waals surface area contributed by atoms with E-state index in [4.69, 9.17) is 0 Å². The van der Waals surface area contributed by atoms with Crippen molar-refractivity contribution in [1.29, 1.82) is 0 Å². The highest BCUT2D eigenvalue weighted by Gasteiger charge is 2.26. The Morgan fingerprint density at radius 3 is 2.50 bits per heavy atom. The lowest BCUT2D eigenvalue weighted by Crippen LogP contribution is -2.27. The van der Waals surface area contributed by atoms with Crippen LogP contribution >= 0.6 is 0 Å². The van der Waals surface area contributed by atoms with Crippen LogP contribution in [-0.2, 0) is 16.4 Å². The number of aryl methyl sites for hydroxylation is 1. The van der Waals surface area contributed by atoms with E-state index >= 15 is 0 Å². The van der Waals surface area contributed by atoms with Crippen molar-refractivity contribution >= 4 is 15.7 Å². The van der Waals surface area contributed by atoms with Crippen LogP contribution in [0.25, 0.3) is 0 Å². The van der Waals surface area contributed by atoms with E-state index in [1.165, 1.54) is 11.1 Å². The third-order valence-electron chi connectivity index (χ3n) is 4.42. The largest absolute Gasteiger partial charge is 0.385 e. The van der Waals surface area contributed by atoms with Crippen molar-refractivity contribution in [2.75, 3.05) is 25.0 Å². The van der Waals surface area contributed by atoms with E-state index in [-0.39, 0.29) is 0 Å². The second-order valence-corrected chi connectivity index (χ2v) is 8.05. The van der Waals surface area contributed by atoms with Gasteiger partial charge in [0.15, 0.2) is 0 Å². The zero-order valence-corrected chi connectivity index (χ0v) is 14.7. The van der Waals surface area contributed by atoms with Crippen molar-refractivity contribution < 1.29 is 8.42 Å². The Morgan fingerprint density at radius 1 is 1.12 bits per heavy atom. The fraction of sp³-hybridized carbons (Fsp3) is 0.389. The van der Waals surface area contributed by atoms with Crippen molar-refractivity contribution in [2.45, 2.75) is 31.1 Å². The average molecular weight is 345 g/mol.